The molecule has 1 aromatic heterocycles. The Hall–Kier alpha value is -3.08. The first-order valence-corrected chi connectivity index (χ1v) is 17.8. The van der Waals surface area contributed by atoms with E-state index in [1.165, 1.54) is 4.90 Å². The summed E-state index contributed by atoms with van der Waals surface area (Å²) in [4.78, 5) is 52.2. The predicted octanol–water partition coefficient (Wildman–Crippen LogP) is 7.32. The maximum Gasteiger partial charge on any atom is 0.408 e. The number of rotatable bonds is 3. The number of hydrogen-bond donors (Lipinski definition) is 1. The molecule has 262 valence electrons. The lowest BCUT2D eigenvalue weighted by atomic mass is 9.84. The third-order valence-corrected chi connectivity index (χ3v) is 11.1. The molecule has 1 N–H and O–H groups in total. The van der Waals surface area contributed by atoms with Crippen molar-refractivity contribution in [1.29, 1.82) is 0 Å². The predicted molar refractivity (Wildman–Crippen MR) is 177 cm³/mol. The average molecular weight is 689 g/mol. The van der Waals surface area contributed by atoms with Gasteiger partial charge in [-0.3, -0.25) is 9.59 Å². The summed E-state index contributed by atoms with van der Waals surface area (Å²) in [5.41, 5.74) is -0.733. The van der Waals surface area contributed by atoms with Crippen LogP contribution in [0.3, 0.4) is 0 Å². The number of amides is 2. The highest BCUT2D eigenvalue weighted by molar-refractivity contribution is 6.31. The number of alkyl carbamates (subject to hydrolysis) is 1. The molecule has 0 radical (unpaired) electrons. The Labute approximate surface area is 285 Å². The van der Waals surface area contributed by atoms with Crippen molar-refractivity contribution in [3.63, 3.8) is 0 Å². The van der Waals surface area contributed by atoms with Crippen molar-refractivity contribution in [2.75, 3.05) is 6.54 Å². The Morgan fingerprint density at radius 2 is 1.83 bits per heavy atom. The molecule has 6 rings (SSSR count). The highest BCUT2D eigenvalue weighted by Crippen LogP contribution is 2.58. The molecule has 2 aliphatic carbocycles. The van der Waals surface area contributed by atoms with Crippen LogP contribution in [0.25, 0.3) is 11.0 Å². The zero-order valence-electron chi connectivity index (χ0n) is 28.6. The first-order chi connectivity index (χ1) is 22.6. The summed E-state index contributed by atoms with van der Waals surface area (Å²) >= 11 is 6.23. The van der Waals surface area contributed by atoms with Crippen molar-refractivity contribution in [2.24, 2.45) is 35.0 Å². The number of hydrogen-bond acceptors (Lipinski definition) is 7. The van der Waals surface area contributed by atoms with Gasteiger partial charge in [-0.05, 0) is 73.5 Å². The Balaban J connectivity index is 1.44. The van der Waals surface area contributed by atoms with Gasteiger partial charge in [0.2, 0.25) is 11.8 Å². The molecule has 12 heteroatoms. The van der Waals surface area contributed by atoms with E-state index in [9.17, 15) is 14.4 Å². The normalized spacial score (nSPS) is 32.3. The van der Waals surface area contributed by atoms with E-state index in [0.29, 0.717) is 41.6 Å². The maximum atomic E-state index is 16.2. The number of ketones is 1. The van der Waals surface area contributed by atoms with Crippen LogP contribution in [0.5, 0.6) is 5.88 Å². The minimum atomic E-state index is -3.37. The topological polar surface area (TPSA) is 111 Å². The van der Waals surface area contributed by atoms with Gasteiger partial charge >= 0.3 is 6.09 Å². The van der Waals surface area contributed by atoms with Crippen LogP contribution in [0, 0.1) is 35.0 Å². The largest absolute Gasteiger partial charge is 0.471 e. The smallest absolute Gasteiger partial charge is 0.408 e. The molecule has 2 bridgehead atoms. The molecule has 2 aliphatic heterocycles. The summed E-state index contributed by atoms with van der Waals surface area (Å²) in [5, 5.41) is 3.24. The van der Waals surface area contributed by atoms with Gasteiger partial charge in [-0.2, -0.15) is 8.78 Å². The molecule has 0 spiro atoms. The number of nitrogens with one attached hydrogen (secondary N) is 1. The van der Waals surface area contributed by atoms with Crippen LogP contribution in [-0.4, -0.2) is 63.5 Å². The molecular formula is C36H47ClF2N4O5. The van der Waals surface area contributed by atoms with Gasteiger partial charge in [0.05, 0.1) is 23.6 Å². The molecule has 8 atom stereocenters. The van der Waals surface area contributed by atoms with Crippen LogP contribution in [-0.2, 0) is 20.2 Å². The fraction of sp³-hybridized carbons (Fsp3) is 0.694. The highest BCUT2D eigenvalue weighted by Gasteiger charge is 2.55. The van der Waals surface area contributed by atoms with Crippen molar-refractivity contribution in [3.8, 4) is 5.88 Å². The molecule has 3 heterocycles. The van der Waals surface area contributed by atoms with E-state index in [-0.39, 0.29) is 42.2 Å². The average Bonchev–Trinajstić information content (AvgIpc) is 3.55. The number of carbonyl (C=O) groups excluding carboxylic acids is 3. The molecule has 2 saturated carbocycles. The molecule has 1 saturated heterocycles. The monoisotopic (exact) mass is 688 g/mol. The fourth-order valence-corrected chi connectivity index (χ4v) is 8.36. The summed E-state index contributed by atoms with van der Waals surface area (Å²) < 4.78 is 44.8. The van der Waals surface area contributed by atoms with Crippen LogP contribution in [0.1, 0.15) is 92.2 Å². The number of halogens is 3. The fourth-order valence-electron chi connectivity index (χ4n) is 8.20. The number of Topliss-reactive ketones (excluding diaryl/α,β-unsaturated/α-hetero) is 1. The number of ether oxygens (including phenoxy) is 2. The minimum absolute atomic E-state index is 0.0574. The van der Waals surface area contributed by atoms with Crippen molar-refractivity contribution >= 4 is 40.4 Å². The Morgan fingerprint density at radius 3 is 2.52 bits per heavy atom. The van der Waals surface area contributed by atoms with E-state index in [4.69, 9.17) is 21.1 Å². The van der Waals surface area contributed by atoms with E-state index in [2.05, 4.69) is 15.3 Å². The van der Waals surface area contributed by atoms with Gasteiger partial charge in [0, 0.05) is 23.3 Å². The standard InChI is InChI=1S/C36H47ClF2N4O5/c1-7-21-27-17-43(28(21)29(44)18(2)3)33(45)31(35(4,5)6)42-34(46)48-26-15-19-14-23(19)22(26)10-8-9-13-36(38,39)30-32(47-27)41-25-16-20(37)11-12-24(25)40-30/h11-12,16,18-19,21-23,26-28,31H,7-10,13-15,17H2,1-6H3,(H,42,46). The number of fused-ring (bicyclic) bond motifs is 7. The van der Waals surface area contributed by atoms with Crippen LogP contribution in [0.4, 0.5) is 13.6 Å². The van der Waals surface area contributed by atoms with Crippen LogP contribution in [0.15, 0.2) is 18.2 Å². The second-order valence-electron chi connectivity index (χ2n) is 15.6. The first-order valence-electron chi connectivity index (χ1n) is 17.4. The lowest BCUT2D eigenvalue weighted by Crippen LogP contribution is -2.58. The third-order valence-electron chi connectivity index (χ3n) is 10.9. The summed E-state index contributed by atoms with van der Waals surface area (Å²) in [5.74, 6) is -4.28. The Kier molecular flexibility index (Phi) is 9.41. The Bertz CT molecular complexity index is 1580. The molecule has 2 aromatic rings. The number of benzene rings is 1. The number of carbonyl (C=O) groups is 3. The van der Waals surface area contributed by atoms with E-state index in [1.54, 1.807) is 32.0 Å². The summed E-state index contributed by atoms with van der Waals surface area (Å²) in [6.45, 7) is 10.9. The van der Waals surface area contributed by atoms with E-state index >= 15 is 8.78 Å². The van der Waals surface area contributed by atoms with Gasteiger partial charge in [-0.1, -0.05) is 59.6 Å². The molecular weight excluding hydrogens is 642 g/mol. The van der Waals surface area contributed by atoms with Gasteiger partial charge in [-0.25, -0.2) is 14.8 Å². The molecule has 3 fully saturated rings. The molecule has 1 aromatic carbocycles. The summed E-state index contributed by atoms with van der Waals surface area (Å²) in [6.07, 6.45) is 1.35. The van der Waals surface area contributed by atoms with Crippen molar-refractivity contribution in [3.05, 3.63) is 28.9 Å². The first kappa shape index (κ1) is 34.8. The summed E-state index contributed by atoms with van der Waals surface area (Å²) in [6, 6.07) is 2.78. The zero-order chi connectivity index (χ0) is 34.7. The maximum absolute atomic E-state index is 16.2. The van der Waals surface area contributed by atoms with E-state index in [1.807, 2.05) is 27.7 Å². The van der Waals surface area contributed by atoms with Crippen LogP contribution < -0.4 is 10.1 Å². The molecule has 8 unspecified atom stereocenters. The molecule has 2 amide bonds. The van der Waals surface area contributed by atoms with Gasteiger partial charge in [0.15, 0.2) is 11.5 Å². The second-order valence-corrected chi connectivity index (χ2v) is 16.1. The zero-order valence-corrected chi connectivity index (χ0v) is 29.4. The minimum Gasteiger partial charge on any atom is -0.471 e. The lowest BCUT2D eigenvalue weighted by Gasteiger charge is -2.36. The van der Waals surface area contributed by atoms with Crippen molar-refractivity contribution in [1.82, 2.24) is 20.2 Å². The lowest BCUT2D eigenvalue weighted by molar-refractivity contribution is -0.143. The van der Waals surface area contributed by atoms with Crippen molar-refractivity contribution < 1.29 is 32.6 Å². The van der Waals surface area contributed by atoms with Gasteiger partial charge in [0.1, 0.15) is 18.2 Å². The molecule has 48 heavy (non-hydrogen) atoms. The number of nitrogens with zero attached hydrogens (tertiary/aromatic N) is 3. The van der Waals surface area contributed by atoms with Gasteiger partial charge in [0.25, 0.3) is 5.92 Å². The van der Waals surface area contributed by atoms with Gasteiger partial charge in [-0.15, -0.1) is 0 Å². The number of aromatic nitrogens is 2. The summed E-state index contributed by atoms with van der Waals surface area (Å²) in [7, 11) is 0. The van der Waals surface area contributed by atoms with Crippen molar-refractivity contribution in [2.45, 2.75) is 117 Å². The molecule has 4 aliphatic rings. The van der Waals surface area contributed by atoms with E-state index < -0.39 is 65.5 Å². The highest BCUT2D eigenvalue weighted by atomic mass is 35.5. The molecule has 9 nitrogen and oxygen atoms in total. The second kappa shape index (κ2) is 13.0. The van der Waals surface area contributed by atoms with Gasteiger partial charge < -0.3 is 19.7 Å². The third kappa shape index (κ3) is 6.72. The van der Waals surface area contributed by atoms with Crippen LogP contribution >= 0.6 is 11.6 Å². The Morgan fingerprint density at radius 1 is 1.08 bits per heavy atom. The SMILES string of the molecule is CCC1C2CN(C(=O)C(C(C)(C)C)NC(=O)OC3CC4CC4C3CCCCC(F)(F)c3nc4ccc(Cl)cc4nc3O2)C1C(=O)C(C)C. The van der Waals surface area contributed by atoms with E-state index in [0.717, 1.165) is 12.8 Å². The quantitative estimate of drug-likeness (QED) is 0.360. The number of alkyl halides is 2. The van der Waals surface area contributed by atoms with Crippen LogP contribution in [0.2, 0.25) is 5.02 Å².